The molecule has 0 unspecified atom stereocenters. The van der Waals surface area contributed by atoms with Crippen molar-refractivity contribution in [2.45, 2.75) is 39.2 Å². The van der Waals surface area contributed by atoms with Crippen molar-refractivity contribution >= 4 is 11.6 Å². The SMILES string of the molecule is C[C@H](N)c1ccc(Oc2ccc(C(C)(C)C)cc2)c(Cl)c1. The topological polar surface area (TPSA) is 35.2 Å². The van der Waals surface area contributed by atoms with E-state index in [1.165, 1.54) is 5.56 Å². The molecule has 0 radical (unpaired) electrons. The van der Waals surface area contributed by atoms with Crippen molar-refractivity contribution in [2.24, 2.45) is 5.73 Å². The first-order chi connectivity index (χ1) is 9.77. The minimum atomic E-state index is -0.0392. The van der Waals surface area contributed by atoms with E-state index in [1.807, 2.05) is 37.3 Å². The molecule has 0 aromatic heterocycles. The highest BCUT2D eigenvalue weighted by atomic mass is 35.5. The van der Waals surface area contributed by atoms with Crippen LogP contribution in [0.15, 0.2) is 42.5 Å². The lowest BCUT2D eigenvalue weighted by Crippen LogP contribution is -2.10. The molecule has 0 bridgehead atoms. The van der Waals surface area contributed by atoms with E-state index < -0.39 is 0 Å². The molecule has 2 nitrogen and oxygen atoms in total. The molecule has 0 amide bonds. The fraction of sp³-hybridized carbons (Fsp3) is 0.333. The highest BCUT2D eigenvalue weighted by molar-refractivity contribution is 6.32. The van der Waals surface area contributed by atoms with E-state index in [4.69, 9.17) is 22.1 Å². The molecule has 0 spiro atoms. The van der Waals surface area contributed by atoms with Crippen LogP contribution in [0.4, 0.5) is 0 Å². The Balaban J connectivity index is 2.19. The van der Waals surface area contributed by atoms with Crippen LogP contribution in [0.5, 0.6) is 11.5 Å². The van der Waals surface area contributed by atoms with Gasteiger partial charge in [0.2, 0.25) is 0 Å². The molecule has 0 saturated heterocycles. The summed E-state index contributed by atoms with van der Waals surface area (Å²) in [4.78, 5) is 0. The van der Waals surface area contributed by atoms with Gasteiger partial charge in [-0.1, -0.05) is 50.6 Å². The van der Waals surface area contributed by atoms with Crippen LogP contribution < -0.4 is 10.5 Å². The zero-order valence-corrected chi connectivity index (χ0v) is 13.7. The van der Waals surface area contributed by atoms with Crippen LogP contribution in [0.1, 0.15) is 44.9 Å². The maximum absolute atomic E-state index is 6.25. The molecule has 0 aliphatic rings. The average Bonchev–Trinajstić information content (AvgIpc) is 2.40. The first-order valence-corrected chi connectivity index (χ1v) is 7.48. The second-order valence-electron chi connectivity index (χ2n) is 6.35. The van der Waals surface area contributed by atoms with Gasteiger partial charge in [0, 0.05) is 6.04 Å². The van der Waals surface area contributed by atoms with Crippen LogP contribution in [-0.4, -0.2) is 0 Å². The zero-order chi connectivity index (χ0) is 15.6. The molecule has 112 valence electrons. The molecule has 0 aliphatic carbocycles. The highest BCUT2D eigenvalue weighted by Gasteiger charge is 2.13. The summed E-state index contributed by atoms with van der Waals surface area (Å²) < 4.78 is 5.84. The van der Waals surface area contributed by atoms with Crippen LogP contribution in [-0.2, 0) is 5.41 Å². The standard InChI is InChI=1S/C18H22ClNO/c1-12(20)13-5-10-17(16(19)11-13)21-15-8-6-14(7-9-15)18(2,3)4/h5-12H,20H2,1-4H3/t12-/m0/s1. The first-order valence-electron chi connectivity index (χ1n) is 7.11. The van der Waals surface area contributed by atoms with Crippen molar-refractivity contribution in [2.75, 3.05) is 0 Å². The van der Waals surface area contributed by atoms with Gasteiger partial charge in [-0.3, -0.25) is 0 Å². The molecule has 2 rings (SSSR count). The predicted octanol–water partition coefficient (Wildman–Crippen LogP) is 5.45. The van der Waals surface area contributed by atoms with E-state index in [-0.39, 0.29) is 11.5 Å². The van der Waals surface area contributed by atoms with Crippen molar-refractivity contribution in [1.82, 2.24) is 0 Å². The number of halogens is 1. The maximum Gasteiger partial charge on any atom is 0.146 e. The van der Waals surface area contributed by atoms with Crippen LogP contribution in [0.3, 0.4) is 0 Å². The van der Waals surface area contributed by atoms with Gasteiger partial charge < -0.3 is 10.5 Å². The van der Waals surface area contributed by atoms with Crippen LogP contribution >= 0.6 is 11.6 Å². The lowest BCUT2D eigenvalue weighted by molar-refractivity contribution is 0.481. The third kappa shape index (κ3) is 3.99. The molecule has 0 aliphatic heterocycles. The second kappa shape index (κ2) is 6.08. The Kier molecular flexibility index (Phi) is 4.60. The van der Waals surface area contributed by atoms with Crippen LogP contribution in [0, 0.1) is 0 Å². The summed E-state index contributed by atoms with van der Waals surface area (Å²) in [5.74, 6) is 1.42. The van der Waals surface area contributed by atoms with Crippen molar-refractivity contribution in [1.29, 1.82) is 0 Å². The summed E-state index contributed by atoms with van der Waals surface area (Å²) in [5, 5.41) is 0.574. The first kappa shape index (κ1) is 15.9. The molecule has 3 heteroatoms. The van der Waals surface area contributed by atoms with Crippen molar-refractivity contribution < 1.29 is 4.74 Å². The van der Waals surface area contributed by atoms with E-state index in [0.717, 1.165) is 11.3 Å². The normalized spacial score (nSPS) is 13.0. The van der Waals surface area contributed by atoms with Gasteiger partial charge in [0.05, 0.1) is 5.02 Å². The molecule has 0 heterocycles. The van der Waals surface area contributed by atoms with Gasteiger partial charge >= 0.3 is 0 Å². The number of rotatable bonds is 3. The quantitative estimate of drug-likeness (QED) is 0.818. The average molecular weight is 304 g/mol. The van der Waals surface area contributed by atoms with E-state index >= 15 is 0 Å². The number of hydrogen-bond acceptors (Lipinski definition) is 2. The summed E-state index contributed by atoms with van der Waals surface area (Å²) in [6, 6.07) is 13.7. The molecule has 0 fully saturated rings. The summed E-state index contributed by atoms with van der Waals surface area (Å²) in [5.41, 5.74) is 8.24. The van der Waals surface area contributed by atoms with E-state index in [0.29, 0.717) is 10.8 Å². The largest absolute Gasteiger partial charge is 0.456 e. The maximum atomic E-state index is 6.25. The van der Waals surface area contributed by atoms with Gasteiger partial charge in [-0.05, 0) is 47.7 Å². The zero-order valence-electron chi connectivity index (χ0n) is 13.0. The minimum absolute atomic E-state index is 0.0392. The Morgan fingerprint density at radius 1 is 1.05 bits per heavy atom. The lowest BCUT2D eigenvalue weighted by Gasteiger charge is -2.19. The number of ether oxygens (including phenoxy) is 1. The summed E-state index contributed by atoms with van der Waals surface area (Å²) in [6.07, 6.45) is 0. The third-order valence-electron chi connectivity index (χ3n) is 3.43. The molecule has 21 heavy (non-hydrogen) atoms. The van der Waals surface area contributed by atoms with Crippen molar-refractivity contribution in [3.63, 3.8) is 0 Å². The monoisotopic (exact) mass is 303 g/mol. The second-order valence-corrected chi connectivity index (χ2v) is 6.76. The molecule has 2 aromatic rings. The minimum Gasteiger partial charge on any atom is -0.456 e. The Morgan fingerprint density at radius 2 is 1.67 bits per heavy atom. The van der Waals surface area contributed by atoms with E-state index in [1.54, 1.807) is 0 Å². The molecule has 2 aromatic carbocycles. The number of nitrogens with two attached hydrogens (primary N) is 1. The highest BCUT2D eigenvalue weighted by Crippen LogP contribution is 2.32. The fourth-order valence-electron chi connectivity index (χ4n) is 2.03. The summed E-state index contributed by atoms with van der Waals surface area (Å²) in [6.45, 7) is 8.49. The van der Waals surface area contributed by atoms with Gasteiger partial charge in [-0.15, -0.1) is 0 Å². The third-order valence-corrected chi connectivity index (χ3v) is 3.73. The van der Waals surface area contributed by atoms with Crippen LogP contribution in [0.25, 0.3) is 0 Å². The Bertz CT molecular complexity index is 612. The van der Waals surface area contributed by atoms with E-state index in [9.17, 15) is 0 Å². The summed E-state index contributed by atoms with van der Waals surface area (Å²) >= 11 is 6.25. The predicted molar refractivity (Wildman–Crippen MR) is 89.3 cm³/mol. The van der Waals surface area contributed by atoms with Gasteiger partial charge in [0.1, 0.15) is 11.5 Å². The van der Waals surface area contributed by atoms with Crippen LogP contribution in [0.2, 0.25) is 5.02 Å². The van der Waals surface area contributed by atoms with Gasteiger partial charge in [0.15, 0.2) is 0 Å². The molecule has 1 atom stereocenters. The lowest BCUT2D eigenvalue weighted by atomic mass is 9.87. The fourth-order valence-corrected chi connectivity index (χ4v) is 2.26. The molecular formula is C18H22ClNO. The van der Waals surface area contributed by atoms with Crippen molar-refractivity contribution in [3.05, 3.63) is 58.6 Å². The van der Waals surface area contributed by atoms with Crippen molar-refractivity contribution in [3.8, 4) is 11.5 Å². The number of benzene rings is 2. The Hall–Kier alpha value is -1.51. The molecule has 0 saturated carbocycles. The molecular weight excluding hydrogens is 282 g/mol. The number of hydrogen-bond donors (Lipinski definition) is 1. The summed E-state index contributed by atoms with van der Waals surface area (Å²) in [7, 11) is 0. The Morgan fingerprint density at radius 3 is 2.14 bits per heavy atom. The van der Waals surface area contributed by atoms with Gasteiger partial charge in [0.25, 0.3) is 0 Å². The molecule has 2 N–H and O–H groups in total. The van der Waals surface area contributed by atoms with E-state index in [2.05, 4.69) is 32.9 Å². The van der Waals surface area contributed by atoms with Gasteiger partial charge in [-0.25, -0.2) is 0 Å². The Labute approximate surface area is 131 Å². The van der Waals surface area contributed by atoms with Gasteiger partial charge in [-0.2, -0.15) is 0 Å². The smallest absolute Gasteiger partial charge is 0.146 e.